The molecule has 0 unspecified atom stereocenters. The zero-order chi connectivity index (χ0) is 18.9. The van der Waals surface area contributed by atoms with Crippen molar-refractivity contribution in [3.8, 4) is 5.75 Å². The van der Waals surface area contributed by atoms with Crippen molar-refractivity contribution >= 4 is 25.5 Å². The first kappa shape index (κ1) is 20.4. The van der Waals surface area contributed by atoms with Crippen LogP contribution in [0, 0.1) is 0 Å². The van der Waals surface area contributed by atoms with Gasteiger partial charge in [-0.15, -0.1) is 0 Å². The number of hydrogen-bond donors (Lipinski definition) is 1. The number of rotatable bonds is 5. The van der Waals surface area contributed by atoms with Gasteiger partial charge in [-0.2, -0.15) is 0 Å². The van der Waals surface area contributed by atoms with E-state index < -0.39 is 20.0 Å². The van der Waals surface area contributed by atoms with Gasteiger partial charge in [0.15, 0.2) is 0 Å². The molecule has 0 aromatic carbocycles. The second kappa shape index (κ2) is 7.09. The molecular formula is C17H29FN2O3Si. The van der Waals surface area contributed by atoms with Crippen LogP contribution in [0.15, 0.2) is 12.3 Å². The Labute approximate surface area is 145 Å². The number of nitrogens with zero attached hydrogens (tertiary/aromatic N) is 2. The summed E-state index contributed by atoms with van der Waals surface area (Å²) in [6.07, 6.45) is 0.350. The molecular weight excluding hydrogens is 327 g/mol. The Morgan fingerprint density at radius 3 is 2.12 bits per heavy atom. The SMILES string of the molecule is COc1cc(N(C(=O)O)C(C)(C)C)ncc1[Si](F)(C(C)C)C(C)C. The number of carbonyl (C=O) groups is 1. The molecule has 1 aromatic heterocycles. The summed E-state index contributed by atoms with van der Waals surface area (Å²) < 4.78 is 21.2. The fourth-order valence-corrected chi connectivity index (χ4v) is 6.41. The number of methoxy groups -OCH3 is 1. The molecule has 0 aliphatic carbocycles. The number of amides is 1. The van der Waals surface area contributed by atoms with Gasteiger partial charge < -0.3 is 14.0 Å². The van der Waals surface area contributed by atoms with Gasteiger partial charge in [0.05, 0.1) is 7.11 Å². The molecule has 0 atom stereocenters. The van der Waals surface area contributed by atoms with Gasteiger partial charge in [-0.25, -0.2) is 9.78 Å². The Bertz CT molecular complexity index is 592. The molecule has 1 N–H and O–H groups in total. The molecule has 1 heterocycles. The molecule has 5 nitrogen and oxygen atoms in total. The number of aromatic nitrogens is 1. The molecule has 136 valence electrons. The van der Waals surface area contributed by atoms with Crippen molar-refractivity contribution < 1.29 is 18.7 Å². The van der Waals surface area contributed by atoms with E-state index in [-0.39, 0.29) is 16.9 Å². The highest BCUT2D eigenvalue weighted by atomic mass is 28.4. The van der Waals surface area contributed by atoms with Gasteiger partial charge in [0.2, 0.25) is 0 Å². The highest BCUT2D eigenvalue weighted by molar-refractivity contribution is 6.88. The predicted octanol–water partition coefficient (Wildman–Crippen LogP) is 4.32. The first-order valence-corrected chi connectivity index (χ1v) is 10.2. The van der Waals surface area contributed by atoms with E-state index in [0.29, 0.717) is 10.9 Å². The third kappa shape index (κ3) is 3.71. The van der Waals surface area contributed by atoms with Crippen LogP contribution in [0.25, 0.3) is 0 Å². The quantitative estimate of drug-likeness (QED) is 0.630. The summed E-state index contributed by atoms with van der Waals surface area (Å²) in [5.74, 6) is 0.603. The number of pyridine rings is 1. The van der Waals surface area contributed by atoms with Crippen molar-refractivity contribution in [1.82, 2.24) is 4.98 Å². The summed E-state index contributed by atoms with van der Waals surface area (Å²) in [7, 11) is -1.86. The molecule has 1 rings (SSSR count). The van der Waals surface area contributed by atoms with Crippen LogP contribution in [0.2, 0.25) is 11.1 Å². The van der Waals surface area contributed by atoms with E-state index in [1.54, 1.807) is 20.8 Å². The predicted molar refractivity (Wildman–Crippen MR) is 97.7 cm³/mol. The van der Waals surface area contributed by atoms with Crippen LogP contribution in [0.3, 0.4) is 0 Å². The molecule has 0 bridgehead atoms. The smallest absolute Gasteiger partial charge is 0.413 e. The van der Waals surface area contributed by atoms with Gasteiger partial charge in [-0.1, -0.05) is 27.7 Å². The van der Waals surface area contributed by atoms with Gasteiger partial charge >= 0.3 is 6.09 Å². The molecule has 0 saturated carbocycles. The van der Waals surface area contributed by atoms with Crippen LogP contribution in [0.5, 0.6) is 5.75 Å². The minimum atomic E-state index is -3.33. The highest BCUT2D eigenvalue weighted by Gasteiger charge is 2.46. The summed E-state index contributed by atoms with van der Waals surface area (Å²) in [6.45, 7) is 12.8. The lowest BCUT2D eigenvalue weighted by Gasteiger charge is -2.34. The fourth-order valence-electron chi connectivity index (χ4n) is 3.02. The third-order valence-electron chi connectivity index (χ3n) is 4.26. The standard InChI is InChI=1S/C17H29FN2O3Si/c1-11(2)24(18,12(3)4)14-10-19-15(9-13(14)23-8)20(16(21)22)17(5,6)7/h9-12H,1-8H3,(H,21,22). The molecule has 0 fully saturated rings. The highest BCUT2D eigenvalue weighted by Crippen LogP contribution is 2.36. The van der Waals surface area contributed by atoms with Crippen LogP contribution in [-0.4, -0.2) is 37.2 Å². The van der Waals surface area contributed by atoms with E-state index in [1.807, 2.05) is 27.7 Å². The van der Waals surface area contributed by atoms with Gasteiger partial charge in [0.1, 0.15) is 11.6 Å². The molecule has 1 amide bonds. The summed E-state index contributed by atoms with van der Waals surface area (Å²) in [6, 6.07) is 1.53. The van der Waals surface area contributed by atoms with Crippen LogP contribution < -0.4 is 14.8 Å². The van der Waals surface area contributed by atoms with Crippen LogP contribution >= 0.6 is 0 Å². The summed E-state index contributed by atoms with van der Waals surface area (Å²) >= 11 is 0. The van der Waals surface area contributed by atoms with Crippen molar-refractivity contribution in [2.45, 2.75) is 65.1 Å². The minimum absolute atomic E-state index is 0.141. The number of ether oxygens (including phenoxy) is 1. The summed E-state index contributed by atoms with van der Waals surface area (Å²) in [5, 5.41) is 10.00. The monoisotopic (exact) mass is 356 g/mol. The normalized spacial score (nSPS) is 12.6. The third-order valence-corrected chi connectivity index (χ3v) is 8.82. The van der Waals surface area contributed by atoms with Crippen LogP contribution in [-0.2, 0) is 0 Å². The fraction of sp³-hybridized carbons (Fsp3) is 0.647. The van der Waals surface area contributed by atoms with Crippen molar-refractivity contribution in [2.24, 2.45) is 0 Å². The first-order valence-electron chi connectivity index (χ1n) is 8.13. The maximum absolute atomic E-state index is 15.8. The summed E-state index contributed by atoms with van der Waals surface area (Å²) in [4.78, 5) is 17.0. The van der Waals surface area contributed by atoms with Gasteiger partial charge in [0, 0.05) is 23.0 Å². The van der Waals surface area contributed by atoms with Gasteiger partial charge in [0.25, 0.3) is 8.41 Å². The zero-order valence-electron chi connectivity index (χ0n) is 15.8. The van der Waals surface area contributed by atoms with E-state index in [2.05, 4.69) is 4.98 Å². The molecule has 7 heteroatoms. The van der Waals surface area contributed by atoms with Crippen molar-refractivity contribution in [3.05, 3.63) is 12.3 Å². The van der Waals surface area contributed by atoms with E-state index in [1.165, 1.54) is 19.4 Å². The maximum Gasteiger partial charge on any atom is 0.413 e. The average Bonchev–Trinajstić information content (AvgIpc) is 2.43. The lowest BCUT2D eigenvalue weighted by Crippen LogP contribution is -2.50. The maximum atomic E-state index is 15.8. The van der Waals surface area contributed by atoms with Crippen molar-refractivity contribution in [1.29, 1.82) is 0 Å². The average molecular weight is 357 g/mol. The van der Waals surface area contributed by atoms with E-state index >= 15 is 4.11 Å². The van der Waals surface area contributed by atoms with Crippen molar-refractivity contribution in [3.63, 3.8) is 0 Å². The molecule has 24 heavy (non-hydrogen) atoms. The molecule has 0 spiro atoms. The largest absolute Gasteiger partial charge is 0.497 e. The van der Waals surface area contributed by atoms with E-state index in [9.17, 15) is 9.90 Å². The Hall–Kier alpha value is -1.63. The molecule has 0 radical (unpaired) electrons. The Balaban J connectivity index is 3.54. The van der Waals surface area contributed by atoms with Gasteiger partial charge in [-0.3, -0.25) is 4.90 Å². The summed E-state index contributed by atoms with van der Waals surface area (Å²) in [5.41, 5.74) is -0.958. The number of anilines is 1. The van der Waals surface area contributed by atoms with Crippen molar-refractivity contribution in [2.75, 3.05) is 12.0 Å². The molecule has 0 aliphatic heterocycles. The van der Waals surface area contributed by atoms with Crippen LogP contribution in [0.4, 0.5) is 14.7 Å². The topological polar surface area (TPSA) is 62.7 Å². The van der Waals surface area contributed by atoms with E-state index in [0.717, 1.165) is 4.90 Å². The number of hydrogen-bond acceptors (Lipinski definition) is 3. The van der Waals surface area contributed by atoms with E-state index in [4.69, 9.17) is 4.74 Å². The Morgan fingerprint density at radius 1 is 1.29 bits per heavy atom. The lowest BCUT2D eigenvalue weighted by molar-refractivity contribution is 0.195. The molecule has 1 aromatic rings. The molecule has 0 saturated heterocycles. The number of carboxylic acid groups (broad SMARTS) is 1. The molecule has 0 aliphatic rings. The second-order valence-electron chi connectivity index (χ2n) is 7.61. The Kier molecular flexibility index (Phi) is 6.03. The lowest BCUT2D eigenvalue weighted by atomic mass is 10.1. The first-order chi connectivity index (χ1) is 10.9. The zero-order valence-corrected chi connectivity index (χ0v) is 16.8. The van der Waals surface area contributed by atoms with Crippen LogP contribution in [0.1, 0.15) is 48.5 Å². The van der Waals surface area contributed by atoms with Gasteiger partial charge in [-0.05, 0) is 31.9 Å². The second-order valence-corrected chi connectivity index (χ2v) is 12.0. The number of halogens is 1. The minimum Gasteiger partial charge on any atom is -0.497 e. The Morgan fingerprint density at radius 2 is 1.79 bits per heavy atom.